The molecule has 5 nitrogen and oxygen atoms in total. The molecule has 0 bridgehead atoms. The second-order valence-electron chi connectivity index (χ2n) is 4.35. The summed E-state index contributed by atoms with van der Waals surface area (Å²) in [4.78, 5) is 23.3. The van der Waals surface area contributed by atoms with E-state index in [4.69, 9.17) is 10.2 Å². The van der Waals surface area contributed by atoms with Gasteiger partial charge in [0.2, 0.25) is 0 Å². The van der Waals surface area contributed by atoms with Crippen molar-refractivity contribution in [1.82, 2.24) is 0 Å². The Hall–Kier alpha value is -2.04. The maximum atomic E-state index is 11.1. The highest BCUT2D eigenvalue weighted by Gasteiger charge is 2.26. The molecule has 0 heterocycles. The van der Waals surface area contributed by atoms with Crippen molar-refractivity contribution in [3.8, 4) is 0 Å². The molecular weight excluding hydrogens is 234 g/mol. The van der Waals surface area contributed by atoms with Gasteiger partial charge in [-0.2, -0.15) is 0 Å². The monoisotopic (exact) mass is 251 g/mol. The lowest BCUT2D eigenvalue weighted by molar-refractivity contribution is -0.145. The lowest BCUT2D eigenvalue weighted by Gasteiger charge is -2.27. The standard InChI is InChI=1S/C13H17NO4/c1-8-4-5-10(9(2)6-8)14(3)11(13(17)18)7-12(15)16/h4-6,11H,7H2,1-3H3,(H,15,16)(H,17,18). The number of carboxylic acid groups (broad SMARTS) is 2. The number of hydrogen-bond acceptors (Lipinski definition) is 3. The fourth-order valence-corrected chi connectivity index (χ4v) is 1.92. The SMILES string of the molecule is Cc1ccc(N(C)C(CC(=O)O)C(=O)O)c(C)c1. The molecule has 0 radical (unpaired) electrons. The number of carbonyl (C=O) groups is 2. The van der Waals surface area contributed by atoms with Crippen LogP contribution in [0.5, 0.6) is 0 Å². The van der Waals surface area contributed by atoms with Crippen molar-refractivity contribution in [2.45, 2.75) is 26.3 Å². The van der Waals surface area contributed by atoms with E-state index in [-0.39, 0.29) is 0 Å². The molecular formula is C13H17NO4. The van der Waals surface area contributed by atoms with Crippen molar-refractivity contribution in [3.63, 3.8) is 0 Å². The first kappa shape index (κ1) is 14.0. The molecule has 1 rings (SSSR count). The van der Waals surface area contributed by atoms with Gasteiger partial charge in [-0.05, 0) is 25.5 Å². The van der Waals surface area contributed by atoms with Crippen LogP contribution < -0.4 is 4.90 Å². The summed E-state index contributed by atoms with van der Waals surface area (Å²) in [6, 6.07) is 4.55. The molecule has 0 fully saturated rings. The molecule has 5 heteroatoms. The van der Waals surface area contributed by atoms with Gasteiger partial charge in [-0.1, -0.05) is 17.7 Å². The zero-order chi connectivity index (χ0) is 13.9. The summed E-state index contributed by atoms with van der Waals surface area (Å²) in [5.41, 5.74) is 2.73. The van der Waals surface area contributed by atoms with Crippen molar-refractivity contribution in [2.75, 3.05) is 11.9 Å². The van der Waals surface area contributed by atoms with Gasteiger partial charge in [0.15, 0.2) is 0 Å². The Bertz CT molecular complexity index is 470. The van der Waals surface area contributed by atoms with Crippen LogP contribution in [0, 0.1) is 13.8 Å². The highest BCUT2D eigenvalue weighted by Crippen LogP contribution is 2.22. The maximum absolute atomic E-state index is 11.1. The van der Waals surface area contributed by atoms with Crippen LogP contribution in [-0.2, 0) is 9.59 Å². The van der Waals surface area contributed by atoms with E-state index in [1.54, 1.807) is 7.05 Å². The van der Waals surface area contributed by atoms with Gasteiger partial charge in [-0.25, -0.2) is 4.79 Å². The first-order valence-corrected chi connectivity index (χ1v) is 5.57. The summed E-state index contributed by atoms with van der Waals surface area (Å²) in [5.74, 6) is -2.26. The number of aryl methyl sites for hydroxylation is 2. The fraction of sp³-hybridized carbons (Fsp3) is 0.385. The molecule has 2 N–H and O–H groups in total. The number of nitrogens with zero attached hydrogens (tertiary/aromatic N) is 1. The lowest BCUT2D eigenvalue weighted by Crippen LogP contribution is -2.40. The number of carboxylic acids is 2. The predicted molar refractivity (Wildman–Crippen MR) is 68.0 cm³/mol. The molecule has 1 aromatic carbocycles. The Kier molecular flexibility index (Phi) is 4.31. The van der Waals surface area contributed by atoms with Crippen molar-refractivity contribution >= 4 is 17.6 Å². The quantitative estimate of drug-likeness (QED) is 0.832. The van der Waals surface area contributed by atoms with Crippen LogP contribution in [0.2, 0.25) is 0 Å². The first-order chi connectivity index (χ1) is 8.32. The van der Waals surface area contributed by atoms with Crippen molar-refractivity contribution in [1.29, 1.82) is 0 Å². The molecule has 0 aliphatic rings. The zero-order valence-corrected chi connectivity index (χ0v) is 10.7. The van der Waals surface area contributed by atoms with Crippen LogP contribution in [0.3, 0.4) is 0 Å². The second-order valence-corrected chi connectivity index (χ2v) is 4.35. The highest BCUT2D eigenvalue weighted by atomic mass is 16.4. The van der Waals surface area contributed by atoms with E-state index < -0.39 is 24.4 Å². The topological polar surface area (TPSA) is 77.8 Å². The average Bonchev–Trinajstić information content (AvgIpc) is 2.24. The molecule has 1 atom stereocenters. The molecule has 0 spiro atoms. The Balaban J connectivity index is 3.05. The maximum Gasteiger partial charge on any atom is 0.326 e. The molecule has 0 aromatic heterocycles. The lowest BCUT2D eigenvalue weighted by atomic mass is 10.1. The van der Waals surface area contributed by atoms with E-state index in [1.165, 1.54) is 4.90 Å². The number of likely N-dealkylation sites (N-methyl/N-ethyl adjacent to an activating group) is 1. The third-order valence-electron chi connectivity index (χ3n) is 2.85. The predicted octanol–water partition coefficient (Wildman–Crippen LogP) is 1.67. The van der Waals surface area contributed by atoms with Crippen LogP contribution in [0.4, 0.5) is 5.69 Å². The third kappa shape index (κ3) is 3.23. The number of aliphatic carboxylic acids is 2. The summed E-state index contributed by atoms with van der Waals surface area (Å²) in [5, 5.41) is 17.8. The summed E-state index contributed by atoms with van der Waals surface area (Å²) < 4.78 is 0. The molecule has 0 saturated heterocycles. The first-order valence-electron chi connectivity index (χ1n) is 5.57. The minimum Gasteiger partial charge on any atom is -0.481 e. The van der Waals surface area contributed by atoms with Crippen LogP contribution in [0.1, 0.15) is 17.5 Å². The van der Waals surface area contributed by atoms with Crippen molar-refractivity contribution in [3.05, 3.63) is 29.3 Å². The molecule has 0 aliphatic heterocycles. The van der Waals surface area contributed by atoms with Gasteiger partial charge in [-0.15, -0.1) is 0 Å². The third-order valence-corrected chi connectivity index (χ3v) is 2.85. The van der Waals surface area contributed by atoms with E-state index in [0.29, 0.717) is 0 Å². The molecule has 0 saturated carbocycles. The number of benzene rings is 1. The minimum absolute atomic E-state index is 0.431. The molecule has 1 aromatic rings. The van der Waals surface area contributed by atoms with Crippen LogP contribution in [0.25, 0.3) is 0 Å². The number of rotatable bonds is 5. The van der Waals surface area contributed by atoms with Crippen LogP contribution in [-0.4, -0.2) is 35.2 Å². The molecule has 18 heavy (non-hydrogen) atoms. The van der Waals surface area contributed by atoms with E-state index >= 15 is 0 Å². The van der Waals surface area contributed by atoms with E-state index in [9.17, 15) is 9.59 Å². The number of anilines is 1. The normalized spacial score (nSPS) is 11.9. The largest absolute Gasteiger partial charge is 0.481 e. The summed E-state index contributed by atoms with van der Waals surface area (Å²) in [7, 11) is 1.60. The van der Waals surface area contributed by atoms with Gasteiger partial charge in [0, 0.05) is 12.7 Å². The molecule has 0 aliphatic carbocycles. The Morgan fingerprint density at radius 2 is 1.89 bits per heavy atom. The minimum atomic E-state index is -1.14. The molecule has 0 amide bonds. The Morgan fingerprint density at radius 1 is 1.28 bits per heavy atom. The smallest absolute Gasteiger partial charge is 0.326 e. The van der Waals surface area contributed by atoms with Gasteiger partial charge in [0.25, 0.3) is 0 Å². The van der Waals surface area contributed by atoms with Gasteiger partial charge in [0.05, 0.1) is 6.42 Å². The van der Waals surface area contributed by atoms with Gasteiger partial charge in [0.1, 0.15) is 6.04 Å². The summed E-state index contributed by atoms with van der Waals surface area (Å²) in [6.07, 6.45) is -0.431. The summed E-state index contributed by atoms with van der Waals surface area (Å²) >= 11 is 0. The van der Waals surface area contributed by atoms with Crippen LogP contribution >= 0.6 is 0 Å². The summed E-state index contributed by atoms with van der Waals surface area (Å²) in [6.45, 7) is 3.82. The van der Waals surface area contributed by atoms with Gasteiger partial charge >= 0.3 is 11.9 Å². The molecule has 1 unspecified atom stereocenters. The van der Waals surface area contributed by atoms with E-state index in [2.05, 4.69) is 0 Å². The Labute approximate surface area is 106 Å². The average molecular weight is 251 g/mol. The van der Waals surface area contributed by atoms with E-state index in [1.807, 2.05) is 32.0 Å². The van der Waals surface area contributed by atoms with Crippen molar-refractivity contribution < 1.29 is 19.8 Å². The Morgan fingerprint density at radius 3 is 2.33 bits per heavy atom. The molecule has 98 valence electrons. The van der Waals surface area contributed by atoms with Crippen LogP contribution in [0.15, 0.2) is 18.2 Å². The van der Waals surface area contributed by atoms with Gasteiger partial charge in [-0.3, -0.25) is 4.79 Å². The zero-order valence-electron chi connectivity index (χ0n) is 10.7. The highest BCUT2D eigenvalue weighted by molar-refractivity contribution is 5.84. The number of hydrogen-bond donors (Lipinski definition) is 2. The fourth-order valence-electron chi connectivity index (χ4n) is 1.92. The second kappa shape index (κ2) is 5.53. The van der Waals surface area contributed by atoms with E-state index in [0.717, 1.165) is 16.8 Å². The van der Waals surface area contributed by atoms with Crippen molar-refractivity contribution in [2.24, 2.45) is 0 Å². The van der Waals surface area contributed by atoms with Gasteiger partial charge < -0.3 is 15.1 Å².